The number of imidazole rings is 1. The smallest absolute Gasteiger partial charge is 0.233 e. The Morgan fingerprint density at radius 3 is 3.00 bits per heavy atom. The van der Waals surface area contributed by atoms with Crippen LogP contribution in [-0.2, 0) is 0 Å². The third-order valence-corrected chi connectivity index (χ3v) is 5.18. The van der Waals surface area contributed by atoms with Crippen LogP contribution in [0.25, 0.3) is 17.0 Å². The average molecular weight is 393 g/mol. The number of hydrogen-bond acceptors (Lipinski definition) is 5. The van der Waals surface area contributed by atoms with Gasteiger partial charge in [-0.15, -0.1) is 0 Å². The summed E-state index contributed by atoms with van der Waals surface area (Å²) in [4.78, 5) is 9.27. The van der Waals surface area contributed by atoms with Gasteiger partial charge in [-0.05, 0) is 37.1 Å². The van der Waals surface area contributed by atoms with Crippen molar-refractivity contribution in [2.75, 3.05) is 5.32 Å². The molecule has 6 nitrogen and oxygen atoms in total. The summed E-state index contributed by atoms with van der Waals surface area (Å²) in [6.45, 7) is 1.99. The SMILES string of the molecule is Cc1ccc(-c2noc([C@H]3C[C@@H]3F)n2)cc1NC(=S)c1cnc2ccccn12. The van der Waals surface area contributed by atoms with E-state index in [0.717, 1.165) is 28.2 Å². The van der Waals surface area contributed by atoms with Gasteiger partial charge in [0.25, 0.3) is 0 Å². The van der Waals surface area contributed by atoms with Crippen LogP contribution < -0.4 is 5.32 Å². The van der Waals surface area contributed by atoms with E-state index in [9.17, 15) is 4.39 Å². The number of pyridine rings is 1. The molecule has 1 aromatic carbocycles. The molecule has 0 bridgehead atoms. The van der Waals surface area contributed by atoms with Crippen LogP contribution >= 0.6 is 12.2 Å². The molecule has 1 aliphatic carbocycles. The number of halogens is 1. The molecule has 4 aromatic rings. The van der Waals surface area contributed by atoms with Crippen LogP contribution in [0.5, 0.6) is 0 Å². The highest BCUT2D eigenvalue weighted by molar-refractivity contribution is 7.81. The minimum Gasteiger partial charge on any atom is -0.345 e. The van der Waals surface area contributed by atoms with Gasteiger partial charge in [-0.2, -0.15) is 4.98 Å². The van der Waals surface area contributed by atoms with Crippen molar-refractivity contribution in [1.29, 1.82) is 0 Å². The summed E-state index contributed by atoms with van der Waals surface area (Å²) in [6.07, 6.45) is 3.26. The second-order valence-electron chi connectivity index (χ2n) is 6.87. The summed E-state index contributed by atoms with van der Waals surface area (Å²) in [5, 5.41) is 7.28. The Kier molecular flexibility index (Phi) is 3.94. The maximum atomic E-state index is 13.2. The first-order valence-electron chi connectivity index (χ1n) is 8.92. The molecule has 28 heavy (non-hydrogen) atoms. The normalized spacial score (nSPS) is 18.4. The van der Waals surface area contributed by atoms with Crippen molar-refractivity contribution in [3.8, 4) is 11.4 Å². The topological polar surface area (TPSA) is 68.2 Å². The molecule has 1 saturated carbocycles. The first-order valence-corrected chi connectivity index (χ1v) is 9.33. The van der Waals surface area contributed by atoms with Crippen molar-refractivity contribution in [3.05, 3.63) is 65.9 Å². The predicted molar refractivity (Wildman–Crippen MR) is 107 cm³/mol. The Morgan fingerprint density at radius 1 is 1.32 bits per heavy atom. The summed E-state index contributed by atoms with van der Waals surface area (Å²) < 4.78 is 20.4. The first-order chi connectivity index (χ1) is 13.6. The van der Waals surface area contributed by atoms with Gasteiger partial charge in [-0.25, -0.2) is 9.37 Å². The number of anilines is 1. The number of rotatable bonds is 4. The number of hydrogen-bond donors (Lipinski definition) is 1. The van der Waals surface area contributed by atoms with Gasteiger partial charge >= 0.3 is 0 Å². The third kappa shape index (κ3) is 2.95. The molecule has 3 heterocycles. The van der Waals surface area contributed by atoms with E-state index < -0.39 is 6.17 Å². The zero-order valence-electron chi connectivity index (χ0n) is 15.0. The molecular formula is C20H16FN5OS. The van der Waals surface area contributed by atoms with Gasteiger partial charge in [0.15, 0.2) is 0 Å². The fourth-order valence-electron chi connectivity index (χ4n) is 3.11. The number of nitrogens with one attached hydrogen (secondary N) is 1. The summed E-state index contributed by atoms with van der Waals surface area (Å²) in [6, 6.07) is 11.6. The standard InChI is InChI=1S/C20H16FN5OS/c1-11-5-6-12(18-24-19(27-25-18)13-9-14(13)21)8-15(11)23-20(28)16-10-22-17-4-2-3-7-26(16)17/h2-8,10,13-14H,9H2,1H3,(H,23,28)/t13-,14-/m0/s1. The van der Waals surface area contributed by atoms with E-state index in [1.807, 2.05) is 53.9 Å². The Bertz CT molecular complexity index is 1200. The highest BCUT2D eigenvalue weighted by Gasteiger charge is 2.43. The van der Waals surface area contributed by atoms with E-state index in [4.69, 9.17) is 16.7 Å². The quantitative estimate of drug-likeness (QED) is 0.521. The van der Waals surface area contributed by atoms with Crippen LogP contribution in [-0.4, -0.2) is 30.7 Å². The molecule has 3 aromatic heterocycles. The molecule has 0 saturated heterocycles. The Balaban J connectivity index is 1.43. The Morgan fingerprint density at radius 2 is 2.18 bits per heavy atom. The maximum Gasteiger partial charge on any atom is 0.233 e. The monoisotopic (exact) mass is 393 g/mol. The van der Waals surface area contributed by atoms with E-state index >= 15 is 0 Å². The molecule has 8 heteroatoms. The number of thiocarbonyl (C=S) groups is 1. The summed E-state index contributed by atoms with van der Waals surface area (Å²) in [7, 11) is 0. The van der Waals surface area contributed by atoms with Crippen LogP contribution in [0.15, 0.2) is 53.3 Å². The Hall–Kier alpha value is -3.13. The minimum atomic E-state index is -0.869. The maximum absolute atomic E-state index is 13.2. The number of alkyl halides is 1. The van der Waals surface area contributed by atoms with Crippen molar-refractivity contribution in [3.63, 3.8) is 0 Å². The second-order valence-corrected chi connectivity index (χ2v) is 7.28. The Labute approximate surface area is 165 Å². The first kappa shape index (κ1) is 17.0. The van der Waals surface area contributed by atoms with Gasteiger partial charge in [0.1, 0.15) is 22.5 Å². The number of fused-ring (bicyclic) bond motifs is 1. The van der Waals surface area contributed by atoms with Gasteiger partial charge in [-0.1, -0.05) is 35.6 Å². The molecule has 2 atom stereocenters. The van der Waals surface area contributed by atoms with E-state index in [-0.39, 0.29) is 5.92 Å². The van der Waals surface area contributed by atoms with Crippen LogP contribution in [0.1, 0.15) is 29.5 Å². The van der Waals surface area contributed by atoms with E-state index in [2.05, 4.69) is 20.4 Å². The number of aromatic nitrogens is 4. The van der Waals surface area contributed by atoms with Gasteiger partial charge in [0.2, 0.25) is 11.7 Å². The van der Waals surface area contributed by atoms with Gasteiger partial charge in [0, 0.05) is 17.4 Å². The lowest BCUT2D eigenvalue weighted by atomic mass is 10.1. The van der Waals surface area contributed by atoms with Gasteiger partial charge in [0.05, 0.1) is 12.1 Å². The predicted octanol–water partition coefficient (Wildman–Crippen LogP) is 4.31. The fourth-order valence-corrected chi connectivity index (χ4v) is 3.37. The molecule has 140 valence electrons. The highest BCUT2D eigenvalue weighted by Crippen LogP contribution is 2.43. The molecule has 0 aliphatic heterocycles. The second kappa shape index (κ2) is 6.49. The molecule has 1 fully saturated rings. The lowest BCUT2D eigenvalue weighted by molar-refractivity contribution is 0.363. The van der Waals surface area contributed by atoms with Gasteiger partial charge < -0.3 is 9.84 Å². The van der Waals surface area contributed by atoms with Gasteiger partial charge in [-0.3, -0.25) is 4.40 Å². The average Bonchev–Trinajstić information content (AvgIpc) is 3.12. The largest absolute Gasteiger partial charge is 0.345 e. The lowest BCUT2D eigenvalue weighted by Crippen LogP contribution is -2.13. The molecule has 0 unspecified atom stereocenters. The zero-order chi connectivity index (χ0) is 19.3. The zero-order valence-corrected chi connectivity index (χ0v) is 15.8. The van der Waals surface area contributed by atoms with E-state index in [1.165, 1.54) is 0 Å². The van der Waals surface area contributed by atoms with Crippen molar-refractivity contribution < 1.29 is 8.91 Å². The number of nitrogens with zero attached hydrogens (tertiary/aromatic N) is 4. The van der Waals surface area contributed by atoms with Crippen molar-refractivity contribution in [1.82, 2.24) is 19.5 Å². The van der Waals surface area contributed by atoms with Crippen molar-refractivity contribution >= 4 is 28.5 Å². The summed E-state index contributed by atoms with van der Waals surface area (Å²) in [5.41, 5.74) is 4.28. The lowest BCUT2D eigenvalue weighted by Gasteiger charge is -2.11. The molecular weight excluding hydrogens is 377 g/mol. The molecule has 5 rings (SSSR count). The minimum absolute atomic E-state index is 0.257. The van der Waals surface area contributed by atoms with Crippen molar-refractivity contribution in [2.45, 2.75) is 25.4 Å². The highest BCUT2D eigenvalue weighted by atomic mass is 32.1. The number of aryl methyl sites for hydroxylation is 1. The molecule has 1 N–H and O–H groups in total. The van der Waals surface area contributed by atoms with Crippen LogP contribution in [0, 0.1) is 6.92 Å². The van der Waals surface area contributed by atoms with E-state index in [1.54, 1.807) is 6.20 Å². The fraction of sp³-hybridized carbons (Fsp3) is 0.200. The molecule has 0 amide bonds. The van der Waals surface area contributed by atoms with Crippen LogP contribution in [0.4, 0.5) is 10.1 Å². The molecule has 0 radical (unpaired) electrons. The van der Waals surface area contributed by atoms with Crippen LogP contribution in [0.3, 0.4) is 0 Å². The molecule has 1 aliphatic rings. The number of benzene rings is 1. The summed E-state index contributed by atoms with van der Waals surface area (Å²) in [5.74, 6) is 0.545. The van der Waals surface area contributed by atoms with E-state index in [0.29, 0.717) is 23.1 Å². The molecule has 0 spiro atoms. The third-order valence-electron chi connectivity index (χ3n) is 4.87. The van der Waals surface area contributed by atoms with Crippen molar-refractivity contribution in [2.24, 2.45) is 0 Å². The van der Waals surface area contributed by atoms with Crippen LogP contribution in [0.2, 0.25) is 0 Å². The summed E-state index contributed by atoms with van der Waals surface area (Å²) >= 11 is 5.60.